The van der Waals surface area contributed by atoms with Crippen molar-refractivity contribution in [1.29, 1.82) is 0 Å². The van der Waals surface area contributed by atoms with Gasteiger partial charge < -0.3 is 188 Å². The zero-order valence-electron chi connectivity index (χ0n) is 45.8. The van der Waals surface area contributed by atoms with Gasteiger partial charge in [-0.05, 0) is 0 Å². The van der Waals surface area contributed by atoms with Crippen molar-refractivity contribution in [2.45, 2.75) is 161 Å². The smallest absolute Gasteiger partial charge is 0.391 e. The summed E-state index contributed by atoms with van der Waals surface area (Å²) in [4.78, 5) is 302. The molecule has 4 rings (SSSR count). The van der Waals surface area contributed by atoms with E-state index in [1.54, 1.807) is 0 Å². The lowest BCUT2D eigenvalue weighted by Gasteiger charge is -2.45. The fourth-order valence-corrected chi connectivity index (χ4v) is 62.9. The molecule has 8 atom stereocenters. The van der Waals surface area contributed by atoms with E-state index in [4.69, 9.17) is 53.5 Å². The van der Waals surface area contributed by atoms with Gasteiger partial charge in [-0.25, -0.2) is 0 Å². The van der Waals surface area contributed by atoms with Crippen molar-refractivity contribution < 1.29 is 188 Å². The Hall–Kier alpha value is 2.26. The van der Waals surface area contributed by atoms with Gasteiger partial charge in [0.2, 0.25) is 0 Å². The molecule has 0 aromatic rings. The summed E-state index contributed by atoms with van der Waals surface area (Å²) in [6.07, 6.45) is -1.66. The molecular weight excluding hydrogens is 1470 g/mol. The van der Waals surface area contributed by atoms with Crippen LogP contribution in [0.25, 0.3) is 0 Å². The fourth-order valence-electron chi connectivity index (χ4n) is 10.5. The summed E-state index contributed by atoms with van der Waals surface area (Å²) in [5.74, 6) is 0. The third kappa shape index (κ3) is 29.4. The number of rotatable bonds is 18. The summed E-state index contributed by atoms with van der Waals surface area (Å²) < 4.78 is 66.6. The van der Waals surface area contributed by atoms with Crippen LogP contribution in [-0.4, -0.2) is 293 Å². The predicted octanol–water partition coefficient (Wildman–Crippen LogP) is -11.7. The topological polar surface area (TPSA) is 686 Å². The van der Waals surface area contributed by atoms with Gasteiger partial charge in [0.15, 0.2) is 0 Å². The largest absolute Gasteiger partial charge is 0.662 e. The van der Waals surface area contributed by atoms with Crippen molar-refractivity contribution in [1.82, 2.24) is 0 Å². The lowest BCUT2D eigenvalue weighted by atomic mass is 10.5. The summed E-state index contributed by atoms with van der Waals surface area (Å²) in [6, 6.07) is -5.47. The van der Waals surface area contributed by atoms with Gasteiger partial charge in [-0.3, -0.25) is 0 Å². The van der Waals surface area contributed by atoms with Crippen LogP contribution >= 0.6 is 0 Å². The summed E-state index contributed by atoms with van der Waals surface area (Å²) in [7, 11) is -97.0. The number of hydrogen-bond acceptors (Lipinski definition) is 41. The fraction of sp³-hybridized carbons (Fsp3) is 1.00. The first kappa shape index (κ1) is 79.7. The average molecular weight is 1560 g/mol. The summed E-state index contributed by atoms with van der Waals surface area (Å²) in [5, 5.41) is 0. The Morgan fingerprint density at radius 2 is 0.612 bits per heavy atom. The quantitative estimate of drug-likeness (QED) is 0.0567. The molecule has 4 aliphatic rings. The highest BCUT2D eigenvalue weighted by molar-refractivity contribution is 6.91. The van der Waals surface area contributed by atoms with Crippen LogP contribution in [0.3, 0.4) is 0 Å². The molecule has 8 unspecified atom stereocenters. The van der Waals surface area contributed by atoms with Crippen LogP contribution in [0.15, 0.2) is 0 Å². The van der Waals surface area contributed by atoms with Crippen LogP contribution in [0, 0.1) is 0 Å². The Bertz CT molecular complexity index is 2100. The maximum absolute atomic E-state index is 12.2. The number of hydrogen-bond donors (Lipinski definition) is 28. The van der Waals surface area contributed by atoms with Gasteiger partial charge >= 0.3 is 142 Å². The van der Waals surface area contributed by atoms with Crippen molar-refractivity contribution in [3.8, 4) is 0 Å². The molecular formula is C26H82O41Si18. The second-order valence-corrected chi connectivity index (χ2v) is 68.8. The maximum Gasteiger partial charge on any atom is 0.662 e. The molecule has 0 amide bonds. The zero-order valence-corrected chi connectivity index (χ0v) is 63.8. The first-order chi connectivity index (χ1) is 37.8. The Balaban J connectivity index is 1.88. The van der Waals surface area contributed by atoms with Gasteiger partial charge in [0.05, 0.1) is 16.1 Å². The minimum absolute atomic E-state index is 0.0114. The van der Waals surface area contributed by atoms with E-state index in [-0.39, 0.29) is 86.9 Å². The molecule has 0 aromatic carbocycles. The monoisotopic (exact) mass is 1550 g/mol. The van der Waals surface area contributed by atoms with Gasteiger partial charge in [-0.1, -0.05) is 99.7 Å². The molecule has 504 valence electrons. The molecule has 59 heteroatoms. The van der Waals surface area contributed by atoms with Crippen molar-refractivity contribution in [2.75, 3.05) is 0 Å². The maximum atomic E-state index is 12.2. The molecule has 85 heavy (non-hydrogen) atoms. The summed E-state index contributed by atoms with van der Waals surface area (Å²) >= 11 is 0. The SMILES string of the molecule is C[Si]1(O)O[Si](O)(O)CCC[Si](CCC[Si](O)(O)O)(CCC[Si](O)(O)O)CCC[Si]2(O)O[Si](O)(O[Si](O)(O)O1)O[Si](O)(O[Si]1(O)O[Si](O)(O)CCC[Si](CCC[Si](O)(O)O)(CCC[Si](O)(O)O)CCC[Si]3(O)O[Si](C)(O)O[Si](O)(O[Si](O)(O)O1)O3)O2. The minimum atomic E-state index is -6.98. The predicted molar refractivity (Wildman–Crippen MR) is 305 cm³/mol. The highest BCUT2D eigenvalue weighted by atomic mass is 28.6. The van der Waals surface area contributed by atoms with Gasteiger partial charge in [0.25, 0.3) is 0 Å². The van der Waals surface area contributed by atoms with E-state index in [0.717, 1.165) is 6.55 Å². The third-order valence-corrected chi connectivity index (χ3v) is 63.3. The second-order valence-electron chi connectivity index (χ2n) is 22.2. The Morgan fingerprint density at radius 1 is 0.306 bits per heavy atom. The van der Waals surface area contributed by atoms with Crippen LogP contribution in [0.2, 0.25) is 110 Å². The van der Waals surface area contributed by atoms with Crippen molar-refractivity contribution in [2.24, 2.45) is 0 Å². The molecule has 41 nitrogen and oxygen atoms in total. The highest BCUT2D eigenvalue weighted by Gasteiger charge is 2.77. The normalized spacial score (nSPS) is 36.8. The Morgan fingerprint density at radius 3 is 0.988 bits per heavy atom. The average Bonchev–Trinajstić information content (AvgIpc) is 2.31. The van der Waals surface area contributed by atoms with E-state index in [2.05, 4.69) is 0 Å². The van der Waals surface area contributed by atoms with Gasteiger partial charge in [0.1, 0.15) is 0 Å². The Labute approximate surface area is 504 Å². The third-order valence-electron chi connectivity index (χ3n) is 13.5. The molecule has 28 N–H and O–H groups in total. The molecule has 4 saturated heterocycles. The van der Waals surface area contributed by atoms with E-state index < -0.39 is 220 Å². The zero-order chi connectivity index (χ0) is 65.2. The van der Waals surface area contributed by atoms with Crippen LogP contribution in [-0.2, 0) is 53.5 Å². The van der Waals surface area contributed by atoms with Crippen LogP contribution in [0.5, 0.6) is 0 Å². The highest BCUT2D eigenvalue weighted by Crippen LogP contribution is 2.43. The van der Waals surface area contributed by atoms with Gasteiger partial charge in [-0.15, -0.1) is 0 Å². The molecule has 4 fully saturated rings. The molecule has 4 aliphatic heterocycles. The molecule has 0 radical (unpaired) electrons. The van der Waals surface area contributed by atoms with E-state index in [1.165, 1.54) is 0 Å². The molecule has 0 aromatic heterocycles. The van der Waals surface area contributed by atoms with Crippen LogP contribution < -0.4 is 0 Å². The molecule has 4 bridgehead atoms. The van der Waals surface area contributed by atoms with Crippen molar-refractivity contribution >= 4 is 158 Å². The van der Waals surface area contributed by atoms with Gasteiger partial charge in [0, 0.05) is 61.4 Å². The summed E-state index contributed by atoms with van der Waals surface area (Å²) in [6.45, 7) is 1.40. The lowest BCUT2D eigenvalue weighted by Crippen LogP contribution is -2.79. The van der Waals surface area contributed by atoms with Crippen molar-refractivity contribution in [3.05, 3.63) is 0 Å². The van der Waals surface area contributed by atoms with E-state index in [1.807, 2.05) is 0 Å². The summed E-state index contributed by atoms with van der Waals surface area (Å²) in [5.41, 5.74) is 0. The molecule has 0 spiro atoms. The molecule has 4 heterocycles. The van der Waals surface area contributed by atoms with E-state index >= 15 is 0 Å². The van der Waals surface area contributed by atoms with Crippen LogP contribution in [0.4, 0.5) is 0 Å². The minimum Gasteiger partial charge on any atom is -0.391 e. The molecule has 0 saturated carbocycles. The Kier molecular flexibility index (Phi) is 27.1. The second kappa shape index (κ2) is 28.9. The van der Waals surface area contributed by atoms with E-state index in [0.29, 0.717) is 6.55 Å². The van der Waals surface area contributed by atoms with Gasteiger partial charge in [-0.2, -0.15) is 0 Å². The first-order valence-corrected chi connectivity index (χ1v) is 62.7. The van der Waals surface area contributed by atoms with Crippen LogP contribution in [0.1, 0.15) is 51.4 Å². The first-order valence-electron chi connectivity index (χ1n) is 26.2. The van der Waals surface area contributed by atoms with E-state index in [9.17, 15) is 134 Å². The lowest BCUT2D eigenvalue weighted by molar-refractivity contribution is -0.0534. The number of fused-ring (bicyclic) bond motifs is 4. The van der Waals surface area contributed by atoms with Crippen molar-refractivity contribution in [3.63, 3.8) is 0 Å². The molecule has 0 aliphatic carbocycles. The standard InChI is InChI=1S/C26H82O41Si18/c1-68(27)55-76(41,42)23-7-15-70(11-3-19-72(29,30)31,12-4-20-73(32,33)34)18-10-26-79(46)61-84(53,63-80(47,48)57-68)67-85(54,62-79)66-83(52)59-77(43,44)24-8-16-71(13-5-21-74(35,36)37,14-6-22-75(38,39)40)17-9-25-78(45)56-69(2,28)58-82(51,60-78)64-81(49,50)65-83/h27-54H,3-26H2,1-2H3.